The Hall–Kier alpha value is -13.7. The van der Waals surface area contributed by atoms with E-state index in [1.807, 2.05) is 0 Å². The second-order valence-corrected chi connectivity index (χ2v) is 30.8. The molecule has 23 rings (SSSR count). The molecule has 2 aliphatic carbocycles. The molecular formula is C102H68N6. The zero-order chi connectivity index (χ0) is 71.4. The summed E-state index contributed by atoms with van der Waals surface area (Å²) in [6, 6.07) is 126. The lowest BCUT2D eigenvalue weighted by atomic mass is 9.82. The number of rotatable bonds is 8. The molecule has 6 heteroatoms. The van der Waals surface area contributed by atoms with Gasteiger partial charge in [-0.3, -0.25) is 0 Å². The highest BCUT2D eigenvalue weighted by atomic mass is 15.0. The molecule has 0 saturated carbocycles. The summed E-state index contributed by atoms with van der Waals surface area (Å²) < 4.78 is 9.84. The first-order chi connectivity index (χ1) is 53.1. The summed E-state index contributed by atoms with van der Waals surface area (Å²) in [7, 11) is 0. The predicted octanol–water partition coefficient (Wildman–Crippen LogP) is 26.5. The second-order valence-electron chi connectivity index (χ2n) is 30.8. The van der Waals surface area contributed by atoms with E-state index in [2.05, 4.69) is 386 Å². The Labute approximate surface area is 623 Å². The molecule has 108 heavy (non-hydrogen) atoms. The van der Waals surface area contributed by atoms with Crippen molar-refractivity contribution in [1.29, 1.82) is 0 Å². The SMILES string of the molecule is CC1(C)c2ccccc2-c2ccc(-n3c4ccccc4c4ccc(-c5ccc6c7ccccc7n(-c7cccc(-c8nc(-c9cccc(-n%10c%11ccccc%11c%11ccc(-c%12ccc%13c%14ccccc%14n(-c%14ccc%15c(c%14)C(C)(C)c%14ccccc%14-%15)c%13c%12)cc%11%10)c9)c9c(ccc%10ccccc%109)n8)c7)c6c5)cc43)cc21. The van der Waals surface area contributed by atoms with Gasteiger partial charge in [0, 0.05) is 93.2 Å². The molecule has 0 spiro atoms. The smallest absolute Gasteiger partial charge is 0.160 e. The number of benzene rings is 16. The third-order valence-corrected chi connectivity index (χ3v) is 24.3. The first kappa shape index (κ1) is 60.7. The van der Waals surface area contributed by atoms with Crippen molar-refractivity contribution in [2.75, 3.05) is 0 Å². The maximum absolute atomic E-state index is 5.77. The predicted molar refractivity (Wildman–Crippen MR) is 451 cm³/mol. The summed E-state index contributed by atoms with van der Waals surface area (Å²) in [5.41, 5.74) is 32.5. The highest BCUT2D eigenvalue weighted by molar-refractivity contribution is 6.16. The minimum Gasteiger partial charge on any atom is -0.309 e. The van der Waals surface area contributed by atoms with Gasteiger partial charge in [0.25, 0.3) is 0 Å². The van der Waals surface area contributed by atoms with Crippen molar-refractivity contribution < 1.29 is 0 Å². The minimum atomic E-state index is -0.126. The van der Waals surface area contributed by atoms with Gasteiger partial charge in [0.15, 0.2) is 5.82 Å². The van der Waals surface area contributed by atoms with Crippen LogP contribution in [0.25, 0.3) is 199 Å². The zero-order valence-corrected chi connectivity index (χ0v) is 60.0. The van der Waals surface area contributed by atoms with Gasteiger partial charge in [-0.05, 0) is 181 Å². The van der Waals surface area contributed by atoms with Gasteiger partial charge in [0.2, 0.25) is 0 Å². The van der Waals surface area contributed by atoms with Crippen LogP contribution in [0.3, 0.4) is 0 Å². The fraction of sp³-hybridized carbons (Fsp3) is 0.0588. The number of para-hydroxylation sites is 4. The number of hydrogen-bond acceptors (Lipinski definition) is 2. The molecule has 21 aromatic rings. The van der Waals surface area contributed by atoms with E-state index in [0.29, 0.717) is 5.82 Å². The number of hydrogen-bond donors (Lipinski definition) is 0. The van der Waals surface area contributed by atoms with Gasteiger partial charge < -0.3 is 18.3 Å². The van der Waals surface area contributed by atoms with Crippen LogP contribution in [-0.2, 0) is 10.8 Å². The summed E-state index contributed by atoms with van der Waals surface area (Å²) >= 11 is 0. The summed E-state index contributed by atoms with van der Waals surface area (Å²) in [4.78, 5) is 11.3. The molecule has 0 fully saturated rings. The topological polar surface area (TPSA) is 45.5 Å². The second kappa shape index (κ2) is 22.4. The quantitative estimate of drug-likeness (QED) is 0.142. The van der Waals surface area contributed by atoms with Gasteiger partial charge >= 0.3 is 0 Å². The first-order valence-corrected chi connectivity index (χ1v) is 37.6. The Balaban J connectivity index is 0.644. The molecule has 506 valence electrons. The molecule has 0 unspecified atom stereocenters. The molecule has 0 bridgehead atoms. The van der Waals surface area contributed by atoms with Crippen LogP contribution in [0, 0.1) is 0 Å². The number of nitrogens with zero attached hydrogens (tertiary/aromatic N) is 6. The van der Waals surface area contributed by atoms with Crippen LogP contribution in [-0.4, -0.2) is 28.2 Å². The average Bonchev–Trinajstić information content (AvgIpc) is 1.55. The normalized spacial score (nSPS) is 13.5. The molecule has 5 heterocycles. The fourth-order valence-electron chi connectivity index (χ4n) is 19.2. The maximum atomic E-state index is 5.77. The van der Waals surface area contributed by atoms with Gasteiger partial charge in [-0.1, -0.05) is 264 Å². The number of fused-ring (bicyclic) bond motifs is 21. The summed E-state index contributed by atoms with van der Waals surface area (Å²) in [6.07, 6.45) is 0. The van der Waals surface area contributed by atoms with Crippen LogP contribution in [0.4, 0.5) is 0 Å². The third kappa shape index (κ3) is 8.65. The van der Waals surface area contributed by atoms with Gasteiger partial charge in [-0.2, -0.15) is 0 Å². The molecule has 0 radical (unpaired) electrons. The molecule has 2 aliphatic rings. The van der Waals surface area contributed by atoms with E-state index in [1.165, 1.54) is 121 Å². The van der Waals surface area contributed by atoms with Crippen LogP contribution in [0.5, 0.6) is 0 Å². The molecule has 0 aliphatic heterocycles. The summed E-state index contributed by atoms with van der Waals surface area (Å²) in [5.74, 6) is 0.657. The van der Waals surface area contributed by atoms with Gasteiger partial charge in [0.1, 0.15) is 0 Å². The Morgan fingerprint density at radius 2 is 0.574 bits per heavy atom. The van der Waals surface area contributed by atoms with Crippen molar-refractivity contribution in [3.05, 3.63) is 362 Å². The van der Waals surface area contributed by atoms with Crippen molar-refractivity contribution in [2.24, 2.45) is 0 Å². The van der Waals surface area contributed by atoms with Crippen molar-refractivity contribution >= 4 is 109 Å². The van der Waals surface area contributed by atoms with E-state index in [0.717, 1.165) is 94.2 Å². The average molecular weight is 1380 g/mol. The lowest BCUT2D eigenvalue weighted by Gasteiger charge is -2.22. The lowest BCUT2D eigenvalue weighted by molar-refractivity contribution is 0.660. The Kier molecular flexibility index (Phi) is 12.6. The van der Waals surface area contributed by atoms with E-state index in [1.54, 1.807) is 0 Å². The van der Waals surface area contributed by atoms with Crippen molar-refractivity contribution in [2.45, 2.75) is 38.5 Å². The van der Waals surface area contributed by atoms with Crippen molar-refractivity contribution in [3.63, 3.8) is 0 Å². The van der Waals surface area contributed by atoms with E-state index >= 15 is 0 Å². The molecule has 0 amide bonds. The van der Waals surface area contributed by atoms with Crippen molar-refractivity contribution in [1.82, 2.24) is 28.2 Å². The molecule has 0 atom stereocenters. The van der Waals surface area contributed by atoms with Crippen molar-refractivity contribution in [3.8, 4) is 89.9 Å². The van der Waals surface area contributed by atoms with E-state index in [-0.39, 0.29) is 10.8 Å². The van der Waals surface area contributed by atoms with Crippen LogP contribution in [0.2, 0.25) is 0 Å². The molecular weight excluding hydrogens is 1310 g/mol. The fourth-order valence-corrected chi connectivity index (χ4v) is 19.2. The van der Waals surface area contributed by atoms with E-state index in [4.69, 9.17) is 9.97 Å². The Morgan fingerprint density at radius 3 is 1.02 bits per heavy atom. The standard InChI is InChI=1S/C102H68N6/c1-101(2)85-33-13-7-27-73(85)75-50-44-70(59-87(75)101)107-92-37-17-11-31-79(92)83-48-41-64(57-96(83)107)62-39-46-81-77-29-9-15-35-90(77)105(94(81)55-62)68-24-19-22-66(53-68)99-98-72-26-6-5-21-61(72)43-52-89(98)103-100(104-99)67-23-20-25-69(54-67)106-91-36-16-10-30-78(91)82-47-40-63(56-95(82)106)65-42-49-84-80-32-12-18-38-93(80)108(97(84)58-65)71-45-51-76-74-28-8-14-34-86(74)102(3,4)88(76)60-71/h5-60H,1-4H3. The van der Waals surface area contributed by atoms with Gasteiger partial charge in [0.05, 0.1) is 55.3 Å². The largest absolute Gasteiger partial charge is 0.309 e. The van der Waals surface area contributed by atoms with Gasteiger partial charge in [-0.15, -0.1) is 0 Å². The molecule has 6 nitrogen and oxygen atoms in total. The highest BCUT2D eigenvalue weighted by Crippen LogP contribution is 2.52. The monoisotopic (exact) mass is 1380 g/mol. The van der Waals surface area contributed by atoms with E-state index < -0.39 is 0 Å². The zero-order valence-electron chi connectivity index (χ0n) is 60.0. The Morgan fingerprint density at radius 1 is 0.222 bits per heavy atom. The number of aromatic nitrogens is 6. The van der Waals surface area contributed by atoms with Gasteiger partial charge in [-0.25, -0.2) is 9.97 Å². The third-order valence-electron chi connectivity index (χ3n) is 24.3. The summed E-state index contributed by atoms with van der Waals surface area (Å²) in [5, 5.41) is 13.0. The van der Waals surface area contributed by atoms with Crippen LogP contribution >= 0.6 is 0 Å². The maximum Gasteiger partial charge on any atom is 0.160 e. The molecule has 5 aromatic heterocycles. The van der Waals surface area contributed by atoms with Crippen LogP contribution in [0.15, 0.2) is 340 Å². The van der Waals surface area contributed by atoms with E-state index in [9.17, 15) is 0 Å². The lowest BCUT2D eigenvalue weighted by Crippen LogP contribution is -2.15. The minimum absolute atomic E-state index is 0.125. The van der Waals surface area contributed by atoms with Crippen LogP contribution < -0.4 is 0 Å². The molecule has 0 N–H and O–H groups in total. The Bertz CT molecular complexity index is 7510. The highest BCUT2D eigenvalue weighted by Gasteiger charge is 2.37. The molecule has 0 saturated heterocycles. The first-order valence-electron chi connectivity index (χ1n) is 37.6. The van der Waals surface area contributed by atoms with Crippen LogP contribution in [0.1, 0.15) is 49.9 Å². The summed E-state index contributed by atoms with van der Waals surface area (Å²) in [6.45, 7) is 9.47. The molecule has 16 aromatic carbocycles.